The van der Waals surface area contributed by atoms with Gasteiger partial charge in [-0.1, -0.05) is 12.1 Å². The van der Waals surface area contributed by atoms with Crippen molar-refractivity contribution in [2.45, 2.75) is 44.4 Å². The van der Waals surface area contributed by atoms with Crippen molar-refractivity contribution in [2.24, 2.45) is 0 Å². The van der Waals surface area contributed by atoms with Crippen LogP contribution in [0.15, 0.2) is 24.3 Å². The summed E-state index contributed by atoms with van der Waals surface area (Å²) < 4.78 is 36.9. The lowest BCUT2D eigenvalue weighted by atomic mass is 10.1. The molecule has 27 heavy (non-hydrogen) atoms. The number of rotatable bonds is 5. The number of hydrogen-bond acceptors (Lipinski definition) is 3. The molecule has 0 radical (unpaired) electrons. The predicted molar refractivity (Wildman–Crippen MR) is 94.1 cm³/mol. The summed E-state index contributed by atoms with van der Waals surface area (Å²) in [6.07, 6.45) is -1.01. The Morgan fingerprint density at radius 1 is 1.04 bits per heavy atom. The van der Waals surface area contributed by atoms with Crippen LogP contribution in [0.1, 0.15) is 41.6 Å². The van der Waals surface area contributed by atoms with Gasteiger partial charge in [-0.05, 0) is 49.9 Å². The SMILES string of the molecule is O=C(NCC(F)(F)F)C1CCCN1Cc1ccc(C(=O)N2CCCC2)cc1. The zero-order valence-corrected chi connectivity index (χ0v) is 15.1. The van der Waals surface area contributed by atoms with Gasteiger partial charge in [0.15, 0.2) is 0 Å². The van der Waals surface area contributed by atoms with Gasteiger partial charge < -0.3 is 10.2 Å². The van der Waals surface area contributed by atoms with Crippen molar-refractivity contribution >= 4 is 11.8 Å². The highest BCUT2D eigenvalue weighted by molar-refractivity contribution is 5.94. The van der Waals surface area contributed by atoms with E-state index in [2.05, 4.69) is 0 Å². The van der Waals surface area contributed by atoms with Crippen LogP contribution >= 0.6 is 0 Å². The first-order valence-corrected chi connectivity index (χ1v) is 9.30. The number of nitrogens with zero attached hydrogens (tertiary/aromatic N) is 2. The second-order valence-electron chi connectivity index (χ2n) is 7.16. The van der Waals surface area contributed by atoms with Gasteiger partial charge in [-0.2, -0.15) is 13.2 Å². The second-order valence-corrected chi connectivity index (χ2v) is 7.16. The molecule has 3 rings (SSSR count). The normalized spacial score (nSPS) is 20.9. The average molecular weight is 383 g/mol. The lowest BCUT2D eigenvalue weighted by molar-refractivity contribution is -0.141. The number of carbonyl (C=O) groups excluding carboxylic acids is 2. The quantitative estimate of drug-likeness (QED) is 0.850. The van der Waals surface area contributed by atoms with E-state index in [9.17, 15) is 22.8 Å². The number of hydrogen-bond donors (Lipinski definition) is 1. The first-order chi connectivity index (χ1) is 12.8. The molecule has 2 amide bonds. The summed E-state index contributed by atoms with van der Waals surface area (Å²) in [7, 11) is 0. The fourth-order valence-corrected chi connectivity index (χ4v) is 3.71. The molecule has 2 aliphatic rings. The largest absolute Gasteiger partial charge is 0.405 e. The highest BCUT2D eigenvalue weighted by Gasteiger charge is 2.34. The zero-order chi connectivity index (χ0) is 19.4. The smallest absolute Gasteiger partial charge is 0.346 e. The van der Waals surface area contributed by atoms with Crippen molar-refractivity contribution in [1.82, 2.24) is 15.1 Å². The standard InChI is InChI=1S/C19H24F3N3O2/c20-19(21,22)13-23-17(26)16-4-3-11-25(16)12-14-5-7-15(8-6-14)18(27)24-9-1-2-10-24/h5-8,16H,1-4,9-13H2,(H,23,26). The molecule has 2 heterocycles. The maximum Gasteiger partial charge on any atom is 0.405 e. The van der Waals surface area contributed by atoms with Crippen LogP contribution in [0.2, 0.25) is 0 Å². The van der Waals surface area contributed by atoms with Gasteiger partial charge in [-0.25, -0.2) is 0 Å². The average Bonchev–Trinajstić information content (AvgIpc) is 3.31. The fraction of sp³-hybridized carbons (Fsp3) is 0.579. The van der Waals surface area contributed by atoms with Crippen LogP contribution in [0.4, 0.5) is 13.2 Å². The van der Waals surface area contributed by atoms with Crippen LogP contribution in [0.3, 0.4) is 0 Å². The first-order valence-electron chi connectivity index (χ1n) is 9.30. The van der Waals surface area contributed by atoms with E-state index < -0.39 is 24.7 Å². The topological polar surface area (TPSA) is 52.7 Å². The van der Waals surface area contributed by atoms with Crippen molar-refractivity contribution < 1.29 is 22.8 Å². The monoisotopic (exact) mass is 383 g/mol. The third-order valence-corrected chi connectivity index (χ3v) is 5.11. The van der Waals surface area contributed by atoms with E-state index in [1.807, 2.05) is 27.2 Å². The van der Waals surface area contributed by atoms with E-state index >= 15 is 0 Å². The fourth-order valence-electron chi connectivity index (χ4n) is 3.71. The van der Waals surface area contributed by atoms with Crippen molar-refractivity contribution in [1.29, 1.82) is 0 Å². The minimum Gasteiger partial charge on any atom is -0.346 e. The Hall–Kier alpha value is -2.09. The van der Waals surface area contributed by atoms with Crippen molar-refractivity contribution in [2.75, 3.05) is 26.2 Å². The molecule has 0 saturated carbocycles. The van der Waals surface area contributed by atoms with E-state index in [1.54, 1.807) is 12.1 Å². The maximum absolute atomic E-state index is 12.4. The molecule has 1 unspecified atom stereocenters. The molecule has 1 atom stereocenters. The van der Waals surface area contributed by atoms with Gasteiger partial charge in [0.05, 0.1) is 6.04 Å². The third-order valence-electron chi connectivity index (χ3n) is 5.11. The van der Waals surface area contributed by atoms with Crippen LogP contribution in [0.25, 0.3) is 0 Å². The summed E-state index contributed by atoms with van der Waals surface area (Å²) in [5, 5.41) is 1.98. The molecule has 0 spiro atoms. The van der Waals surface area contributed by atoms with Gasteiger partial charge in [-0.15, -0.1) is 0 Å². The highest BCUT2D eigenvalue weighted by Crippen LogP contribution is 2.22. The molecule has 0 aromatic heterocycles. The Morgan fingerprint density at radius 2 is 1.70 bits per heavy atom. The van der Waals surface area contributed by atoms with Crippen molar-refractivity contribution in [3.63, 3.8) is 0 Å². The molecule has 2 aliphatic heterocycles. The Morgan fingerprint density at radius 3 is 2.33 bits per heavy atom. The summed E-state index contributed by atoms with van der Waals surface area (Å²) in [6, 6.07) is 6.73. The summed E-state index contributed by atoms with van der Waals surface area (Å²) in [5.41, 5.74) is 1.57. The van der Waals surface area contributed by atoms with E-state index in [4.69, 9.17) is 0 Å². The summed E-state index contributed by atoms with van der Waals surface area (Å²) >= 11 is 0. The van der Waals surface area contributed by atoms with Gasteiger partial charge in [0.2, 0.25) is 5.91 Å². The number of likely N-dealkylation sites (tertiary alicyclic amines) is 2. The molecule has 0 aliphatic carbocycles. The minimum absolute atomic E-state index is 0.0321. The van der Waals surface area contributed by atoms with E-state index in [0.29, 0.717) is 25.1 Å². The van der Waals surface area contributed by atoms with Crippen LogP contribution in [0.5, 0.6) is 0 Å². The third kappa shape index (κ3) is 5.22. The number of halogens is 3. The van der Waals surface area contributed by atoms with Crippen molar-refractivity contribution in [3.8, 4) is 0 Å². The molecular weight excluding hydrogens is 359 g/mol. The summed E-state index contributed by atoms with van der Waals surface area (Å²) in [5.74, 6) is -0.546. The summed E-state index contributed by atoms with van der Waals surface area (Å²) in [6.45, 7) is 1.43. The van der Waals surface area contributed by atoms with Gasteiger partial charge in [0, 0.05) is 25.2 Å². The Labute approximate surface area is 156 Å². The molecule has 1 aromatic rings. The number of carbonyl (C=O) groups is 2. The Kier molecular flexibility index (Phi) is 6.04. The van der Waals surface area contributed by atoms with E-state index in [-0.39, 0.29) is 5.91 Å². The van der Waals surface area contributed by atoms with E-state index in [1.165, 1.54) is 0 Å². The lowest BCUT2D eigenvalue weighted by Crippen LogP contribution is -2.45. The molecular formula is C19H24F3N3O2. The lowest BCUT2D eigenvalue weighted by Gasteiger charge is -2.24. The van der Waals surface area contributed by atoms with Gasteiger partial charge in [0.1, 0.15) is 6.54 Å². The molecule has 5 nitrogen and oxygen atoms in total. The van der Waals surface area contributed by atoms with Gasteiger partial charge in [-0.3, -0.25) is 14.5 Å². The van der Waals surface area contributed by atoms with Crippen LogP contribution < -0.4 is 5.32 Å². The number of benzene rings is 1. The minimum atomic E-state index is -4.41. The van der Waals surface area contributed by atoms with Gasteiger partial charge in [0.25, 0.3) is 5.91 Å². The van der Waals surface area contributed by atoms with Crippen molar-refractivity contribution in [3.05, 3.63) is 35.4 Å². The number of nitrogens with one attached hydrogen (secondary N) is 1. The van der Waals surface area contributed by atoms with Crippen LogP contribution in [0, 0.1) is 0 Å². The Balaban J connectivity index is 1.57. The molecule has 8 heteroatoms. The summed E-state index contributed by atoms with van der Waals surface area (Å²) in [4.78, 5) is 28.2. The molecule has 2 fully saturated rings. The molecule has 1 aromatic carbocycles. The molecule has 0 bridgehead atoms. The van der Waals surface area contributed by atoms with E-state index in [0.717, 1.165) is 37.9 Å². The predicted octanol–water partition coefficient (Wildman–Crippen LogP) is 2.57. The first kappa shape index (κ1) is 19.7. The molecule has 2 saturated heterocycles. The second kappa shape index (κ2) is 8.29. The Bertz CT molecular complexity index is 670. The molecule has 148 valence electrons. The number of amides is 2. The number of alkyl halides is 3. The highest BCUT2D eigenvalue weighted by atomic mass is 19.4. The van der Waals surface area contributed by atoms with Crippen LogP contribution in [-0.2, 0) is 11.3 Å². The zero-order valence-electron chi connectivity index (χ0n) is 15.1. The van der Waals surface area contributed by atoms with Crippen LogP contribution in [-0.4, -0.2) is 60.0 Å². The maximum atomic E-state index is 12.4. The molecule has 1 N–H and O–H groups in total. The van der Waals surface area contributed by atoms with Gasteiger partial charge >= 0.3 is 6.18 Å².